The Labute approximate surface area is 124 Å². The number of hydrogen-bond acceptors (Lipinski definition) is 5. The Hall–Kier alpha value is -2.07. The molecule has 0 aliphatic rings. The summed E-state index contributed by atoms with van der Waals surface area (Å²) in [7, 11) is 0. The molecule has 20 heavy (non-hydrogen) atoms. The molecule has 5 nitrogen and oxygen atoms in total. The lowest BCUT2D eigenvalue weighted by molar-refractivity contribution is 0.102. The van der Waals surface area contributed by atoms with Crippen LogP contribution in [0, 0.1) is 11.8 Å². The summed E-state index contributed by atoms with van der Waals surface area (Å²) in [5.74, 6) is 5.04. The van der Waals surface area contributed by atoms with Gasteiger partial charge in [-0.15, -0.1) is 0 Å². The van der Waals surface area contributed by atoms with Gasteiger partial charge in [-0.1, -0.05) is 34.8 Å². The van der Waals surface area contributed by atoms with Gasteiger partial charge in [0.2, 0.25) is 0 Å². The number of rotatable bonds is 2. The summed E-state index contributed by atoms with van der Waals surface area (Å²) in [5, 5.41) is 12.6. The molecule has 2 aromatic rings. The summed E-state index contributed by atoms with van der Waals surface area (Å²) in [6.07, 6.45) is 1.55. The third kappa shape index (κ3) is 3.48. The van der Waals surface area contributed by atoms with Gasteiger partial charge in [0.15, 0.2) is 5.13 Å². The van der Waals surface area contributed by atoms with E-state index in [1.807, 2.05) is 0 Å². The molecule has 0 bridgehead atoms. The minimum atomic E-state index is -0.446. The molecular weight excluding hydrogens is 298 g/mol. The van der Waals surface area contributed by atoms with Gasteiger partial charge in [0.25, 0.3) is 5.91 Å². The number of carbonyl (C=O) groups is 1. The Balaban J connectivity index is 2.15. The number of benzene rings is 1. The van der Waals surface area contributed by atoms with Crippen molar-refractivity contribution in [1.29, 1.82) is 0 Å². The van der Waals surface area contributed by atoms with E-state index in [2.05, 4.69) is 22.1 Å². The monoisotopic (exact) mass is 307 g/mol. The first-order valence-corrected chi connectivity index (χ1v) is 6.74. The van der Waals surface area contributed by atoms with E-state index >= 15 is 0 Å². The number of aromatic nitrogens is 1. The molecule has 0 radical (unpaired) electrons. The normalized spacial score (nSPS) is 9.70. The molecule has 2 rings (SSSR count). The Bertz CT molecular complexity index is 703. The molecule has 102 valence electrons. The minimum absolute atomic E-state index is 0.0341. The highest BCUT2D eigenvalue weighted by molar-refractivity contribution is 7.16. The summed E-state index contributed by atoms with van der Waals surface area (Å²) in [4.78, 5) is 16.7. The molecule has 0 unspecified atom stereocenters. The minimum Gasteiger partial charge on any atom is -0.508 e. The molecule has 0 spiro atoms. The molecule has 4 N–H and O–H groups in total. The summed E-state index contributed by atoms with van der Waals surface area (Å²) >= 11 is 7.13. The number of nitrogens with zero attached hydrogens (tertiary/aromatic N) is 1. The topological polar surface area (TPSA) is 88.2 Å². The molecule has 1 amide bonds. The third-order valence-electron chi connectivity index (χ3n) is 2.23. The van der Waals surface area contributed by atoms with Crippen LogP contribution in [0.25, 0.3) is 0 Å². The van der Waals surface area contributed by atoms with Crippen LogP contribution in [0.2, 0.25) is 5.02 Å². The Morgan fingerprint density at radius 1 is 1.55 bits per heavy atom. The van der Waals surface area contributed by atoms with Gasteiger partial charge in [-0.25, -0.2) is 4.98 Å². The van der Waals surface area contributed by atoms with E-state index in [0.717, 1.165) is 0 Å². The molecule has 1 aromatic heterocycles. The highest BCUT2D eigenvalue weighted by Gasteiger charge is 2.13. The Morgan fingerprint density at radius 3 is 3.10 bits per heavy atom. The highest BCUT2D eigenvalue weighted by atomic mass is 35.5. The average molecular weight is 308 g/mol. The smallest absolute Gasteiger partial charge is 0.259 e. The molecule has 0 aliphatic heterocycles. The van der Waals surface area contributed by atoms with Crippen LogP contribution in [0.5, 0.6) is 5.75 Å². The maximum atomic E-state index is 12.0. The highest BCUT2D eigenvalue weighted by Crippen LogP contribution is 2.23. The zero-order valence-electron chi connectivity index (χ0n) is 10.2. The fourth-order valence-corrected chi connectivity index (χ4v) is 2.27. The summed E-state index contributed by atoms with van der Waals surface area (Å²) in [5.41, 5.74) is 5.45. The number of phenols is 1. The number of carbonyl (C=O) groups excluding carboxylic acids is 1. The lowest BCUT2D eigenvalue weighted by Crippen LogP contribution is -2.12. The second-order valence-electron chi connectivity index (χ2n) is 3.65. The lowest BCUT2D eigenvalue weighted by atomic mass is 10.2. The van der Waals surface area contributed by atoms with Gasteiger partial charge in [0, 0.05) is 0 Å². The van der Waals surface area contributed by atoms with Gasteiger partial charge in [-0.2, -0.15) is 0 Å². The van der Waals surface area contributed by atoms with E-state index < -0.39 is 5.91 Å². The maximum absolute atomic E-state index is 12.0. The van der Waals surface area contributed by atoms with Crippen molar-refractivity contribution >= 4 is 34.0 Å². The van der Waals surface area contributed by atoms with Crippen LogP contribution in [-0.2, 0) is 0 Å². The number of nitrogens with two attached hydrogens (primary N) is 1. The van der Waals surface area contributed by atoms with Gasteiger partial charge in [0.1, 0.15) is 5.75 Å². The first kappa shape index (κ1) is 14.3. The van der Waals surface area contributed by atoms with Crippen molar-refractivity contribution in [2.75, 3.05) is 11.9 Å². The molecule has 1 aromatic carbocycles. The summed E-state index contributed by atoms with van der Waals surface area (Å²) in [6, 6.07) is 4.15. The molecule has 7 heteroatoms. The van der Waals surface area contributed by atoms with Crippen molar-refractivity contribution in [2.45, 2.75) is 0 Å². The number of amides is 1. The molecular formula is C13H10ClN3O2S. The van der Waals surface area contributed by atoms with Crippen molar-refractivity contribution in [3.05, 3.63) is 39.9 Å². The van der Waals surface area contributed by atoms with Crippen molar-refractivity contribution < 1.29 is 9.90 Å². The number of hydrogen-bond donors (Lipinski definition) is 3. The maximum Gasteiger partial charge on any atom is 0.259 e. The zero-order chi connectivity index (χ0) is 14.5. The van der Waals surface area contributed by atoms with Crippen LogP contribution in [-0.4, -0.2) is 22.5 Å². The fourth-order valence-electron chi connectivity index (χ4n) is 1.38. The van der Waals surface area contributed by atoms with E-state index in [4.69, 9.17) is 17.3 Å². The van der Waals surface area contributed by atoms with Crippen LogP contribution in [0.1, 0.15) is 15.2 Å². The predicted molar refractivity (Wildman–Crippen MR) is 79.1 cm³/mol. The summed E-state index contributed by atoms with van der Waals surface area (Å²) in [6.45, 7) is 0.262. The zero-order valence-corrected chi connectivity index (χ0v) is 11.8. The van der Waals surface area contributed by atoms with E-state index in [-0.39, 0.29) is 22.9 Å². The largest absolute Gasteiger partial charge is 0.508 e. The Morgan fingerprint density at radius 2 is 2.35 bits per heavy atom. The number of aromatic hydroxyl groups is 1. The third-order valence-corrected chi connectivity index (χ3v) is 3.39. The van der Waals surface area contributed by atoms with Crippen LogP contribution < -0.4 is 11.1 Å². The van der Waals surface area contributed by atoms with Crippen LogP contribution in [0.3, 0.4) is 0 Å². The quantitative estimate of drug-likeness (QED) is 0.741. The Kier molecular flexibility index (Phi) is 4.58. The number of thiazole rings is 1. The van der Waals surface area contributed by atoms with Gasteiger partial charge in [-0.3, -0.25) is 10.1 Å². The van der Waals surface area contributed by atoms with E-state index in [1.54, 1.807) is 6.20 Å². The van der Waals surface area contributed by atoms with Gasteiger partial charge in [-0.05, 0) is 18.2 Å². The SMILES string of the molecule is NCC#Cc1cnc(NC(=O)c2cc(O)ccc2Cl)s1. The van der Waals surface area contributed by atoms with Crippen molar-refractivity contribution in [1.82, 2.24) is 4.98 Å². The fraction of sp³-hybridized carbons (Fsp3) is 0.0769. The standard InChI is InChI=1S/C13H10ClN3O2S/c14-11-4-3-8(18)6-10(11)12(19)17-13-16-7-9(20-13)2-1-5-15/h3-4,6-7,18H,5,15H2,(H,16,17,19). The van der Waals surface area contributed by atoms with E-state index in [1.165, 1.54) is 29.5 Å². The van der Waals surface area contributed by atoms with Crippen LogP contribution in [0.4, 0.5) is 5.13 Å². The van der Waals surface area contributed by atoms with Crippen LogP contribution in [0.15, 0.2) is 24.4 Å². The van der Waals surface area contributed by atoms with Crippen molar-refractivity contribution in [3.63, 3.8) is 0 Å². The van der Waals surface area contributed by atoms with E-state index in [0.29, 0.717) is 10.0 Å². The summed E-state index contributed by atoms with van der Waals surface area (Å²) < 4.78 is 0. The van der Waals surface area contributed by atoms with Crippen LogP contribution >= 0.6 is 22.9 Å². The predicted octanol–water partition coefficient (Wildman–Crippen LogP) is 2.06. The molecule has 0 atom stereocenters. The van der Waals surface area contributed by atoms with E-state index in [9.17, 15) is 9.90 Å². The molecule has 0 saturated heterocycles. The van der Waals surface area contributed by atoms with Gasteiger partial charge >= 0.3 is 0 Å². The lowest BCUT2D eigenvalue weighted by Gasteiger charge is -2.04. The number of nitrogens with one attached hydrogen (secondary N) is 1. The van der Waals surface area contributed by atoms with Crippen molar-refractivity contribution in [3.8, 4) is 17.6 Å². The number of phenolic OH excluding ortho intramolecular Hbond substituents is 1. The van der Waals surface area contributed by atoms with Gasteiger partial charge < -0.3 is 10.8 Å². The first-order valence-electron chi connectivity index (χ1n) is 5.55. The number of halogens is 1. The second-order valence-corrected chi connectivity index (χ2v) is 5.09. The molecule has 0 saturated carbocycles. The molecule has 0 aliphatic carbocycles. The second kappa shape index (κ2) is 6.39. The molecule has 0 fully saturated rings. The van der Waals surface area contributed by atoms with Crippen molar-refractivity contribution in [2.24, 2.45) is 5.73 Å². The van der Waals surface area contributed by atoms with Gasteiger partial charge in [0.05, 0.1) is 28.2 Å². The number of anilines is 1. The average Bonchev–Trinajstić information content (AvgIpc) is 2.86. The molecule has 1 heterocycles. The first-order chi connectivity index (χ1) is 9.60.